The summed E-state index contributed by atoms with van der Waals surface area (Å²) in [5.41, 5.74) is 7.13. The molecule has 0 unspecified atom stereocenters. The van der Waals surface area contributed by atoms with Crippen LogP contribution in [-0.4, -0.2) is 48.2 Å². The van der Waals surface area contributed by atoms with E-state index in [9.17, 15) is 19.2 Å². The van der Waals surface area contributed by atoms with Crippen molar-refractivity contribution in [2.75, 3.05) is 19.7 Å². The first-order chi connectivity index (χ1) is 14.4. The SMILES string of the molecule is Cc1ccc(C(=O)c2ccccc2C(=O)OCC(=O)N2CCC[C@H](C(N)=O)C2)cc1. The molecule has 1 fully saturated rings. The van der Waals surface area contributed by atoms with Crippen LogP contribution in [0.2, 0.25) is 0 Å². The molecule has 1 saturated heterocycles. The molecule has 7 nitrogen and oxygen atoms in total. The van der Waals surface area contributed by atoms with Crippen molar-refractivity contribution in [2.24, 2.45) is 11.7 Å². The number of ether oxygens (including phenoxy) is 1. The number of aryl methyl sites for hydroxylation is 1. The topological polar surface area (TPSA) is 107 Å². The van der Waals surface area contributed by atoms with Gasteiger partial charge in [0.2, 0.25) is 5.91 Å². The van der Waals surface area contributed by atoms with Gasteiger partial charge in [-0.2, -0.15) is 0 Å². The standard InChI is InChI=1S/C23H24N2O5/c1-15-8-10-16(11-9-15)21(27)18-6-2-3-7-19(18)23(29)30-14-20(26)25-12-4-5-17(13-25)22(24)28/h2-3,6-11,17H,4-5,12-14H2,1H3,(H2,24,28)/t17-/m0/s1. The molecule has 0 bridgehead atoms. The zero-order valence-corrected chi connectivity index (χ0v) is 16.8. The van der Waals surface area contributed by atoms with Crippen molar-refractivity contribution >= 4 is 23.6 Å². The smallest absolute Gasteiger partial charge is 0.339 e. The molecular formula is C23H24N2O5. The Balaban J connectivity index is 1.67. The molecular weight excluding hydrogens is 384 g/mol. The van der Waals surface area contributed by atoms with Gasteiger partial charge in [-0.25, -0.2) is 4.79 Å². The molecule has 1 atom stereocenters. The second kappa shape index (κ2) is 9.35. The Bertz CT molecular complexity index is 968. The Morgan fingerprint density at radius 3 is 2.37 bits per heavy atom. The van der Waals surface area contributed by atoms with Gasteiger partial charge in [0.15, 0.2) is 12.4 Å². The second-order valence-electron chi connectivity index (χ2n) is 7.40. The maximum atomic E-state index is 12.8. The van der Waals surface area contributed by atoms with E-state index in [1.807, 2.05) is 19.1 Å². The fourth-order valence-electron chi connectivity index (χ4n) is 3.45. The van der Waals surface area contributed by atoms with E-state index < -0.39 is 24.4 Å². The van der Waals surface area contributed by atoms with Crippen LogP contribution in [0.1, 0.15) is 44.7 Å². The van der Waals surface area contributed by atoms with E-state index in [0.717, 1.165) is 5.56 Å². The minimum absolute atomic E-state index is 0.101. The van der Waals surface area contributed by atoms with Gasteiger partial charge in [-0.3, -0.25) is 14.4 Å². The number of ketones is 1. The predicted molar refractivity (Wildman–Crippen MR) is 110 cm³/mol. The van der Waals surface area contributed by atoms with Gasteiger partial charge < -0.3 is 15.4 Å². The summed E-state index contributed by atoms with van der Waals surface area (Å²) in [7, 11) is 0. The predicted octanol–water partition coefficient (Wildman–Crippen LogP) is 2.11. The van der Waals surface area contributed by atoms with Crippen LogP contribution in [-0.2, 0) is 14.3 Å². The zero-order valence-electron chi connectivity index (χ0n) is 16.8. The molecule has 30 heavy (non-hydrogen) atoms. The number of benzene rings is 2. The molecule has 0 aliphatic carbocycles. The number of primary amides is 1. The van der Waals surface area contributed by atoms with E-state index in [1.165, 1.54) is 11.0 Å². The molecule has 2 aromatic rings. The lowest BCUT2D eigenvalue weighted by atomic mass is 9.97. The third kappa shape index (κ3) is 4.92. The summed E-state index contributed by atoms with van der Waals surface area (Å²) in [4.78, 5) is 50.7. The minimum atomic E-state index is -0.747. The average Bonchev–Trinajstić information content (AvgIpc) is 2.77. The van der Waals surface area contributed by atoms with Gasteiger partial charge in [0.25, 0.3) is 5.91 Å². The molecule has 1 heterocycles. The number of esters is 1. The van der Waals surface area contributed by atoms with Gasteiger partial charge in [0.05, 0.1) is 11.5 Å². The summed E-state index contributed by atoms with van der Waals surface area (Å²) < 4.78 is 5.19. The monoisotopic (exact) mass is 408 g/mol. The van der Waals surface area contributed by atoms with Gasteiger partial charge in [-0.1, -0.05) is 48.0 Å². The lowest BCUT2D eigenvalue weighted by Crippen LogP contribution is -2.45. The number of likely N-dealkylation sites (tertiary alicyclic amines) is 1. The van der Waals surface area contributed by atoms with E-state index in [4.69, 9.17) is 10.5 Å². The van der Waals surface area contributed by atoms with Crippen LogP contribution >= 0.6 is 0 Å². The van der Waals surface area contributed by atoms with Gasteiger partial charge in [0.1, 0.15) is 0 Å². The van der Waals surface area contributed by atoms with Crippen LogP contribution in [0.4, 0.5) is 0 Å². The maximum Gasteiger partial charge on any atom is 0.339 e. The fraction of sp³-hybridized carbons (Fsp3) is 0.304. The van der Waals surface area contributed by atoms with Crippen molar-refractivity contribution in [3.63, 3.8) is 0 Å². The molecule has 0 spiro atoms. The number of carbonyl (C=O) groups is 4. The molecule has 2 amide bonds. The first kappa shape index (κ1) is 21.2. The van der Waals surface area contributed by atoms with Gasteiger partial charge >= 0.3 is 5.97 Å². The highest BCUT2D eigenvalue weighted by atomic mass is 16.5. The van der Waals surface area contributed by atoms with Crippen molar-refractivity contribution in [3.8, 4) is 0 Å². The largest absolute Gasteiger partial charge is 0.452 e. The van der Waals surface area contributed by atoms with Crippen LogP contribution < -0.4 is 5.73 Å². The first-order valence-corrected chi connectivity index (χ1v) is 9.81. The highest BCUT2D eigenvalue weighted by molar-refractivity contribution is 6.14. The summed E-state index contributed by atoms with van der Waals surface area (Å²) in [6.07, 6.45) is 1.31. The third-order valence-corrected chi connectivity index (χ3v) is 5.21. The number of amides is 2. The normalized spacial score (nSPS) is 16.0. The van der Waals surface area contributed by atoms with Crippen LogP contribution in [0, 0.1) is 12.8 Å². The molecule has 0 saturated carbocycles. The Morgan fingerprint density at radius 2 is 1.70 bits per heavy atom. The molecule has 1 aliphatic heterocycles. The molecule has 2 aromatic carbocycles. The summed E-state index contributed by atoms with van der Waals surface area (Å²) in [6.45, 7) is 2.18. The fourth-order valence-corrected chi connectivity index (χ4v) is 3.45. The molecule has 3 rings (SSSR count). The van der Waals surface area contributed by atoms with Crippen LogP contribution in [0.5, 0.6) is 0 Å². The van der Waals surface area contributed by atoms with Crippen LogP contribution in [0.25, 0.3) is 0 Å². The third-order valence-electron chi connectivity index (χ3n) is 5.21. The van der Waals surface area contributed by atoms with E-state index in [0.29, 0.717) is 24.9 Å². The Hall–Kier alpha value is -3.48. The number of piperidine rings is 1. The zero-order chi connectivity index (χ0) is 21.7. The number of hydrogen-bond donors (Lipinski definition) is 1. The van der Waals surface area contributed by atoms with Crippen molar-refractivity contribution in [1.29, 1.82) is 0 Å². The number of hydrogen-bond acceptors (Lipinski definition) is 5. The number of carbonyl (C=O) groups excluding carboxylic acids is 4. The summed E-state index contributed by atoms with van der Waals surface area (Å²) in [5, 5.41) is 0. The first-order valence-electron chi connectivity index (χ1n) is 9.81. The van der Waals surface area contributed by atoms with Crippen molar-refractivity contribution < 1.29 is 23.9 Å². The molecule has 2 N–H and O–H groups in total. The van der Waals surface area contributed by atoms with Gasteiger partial charge in [-0.05, 0) is 25.8 Å². The lowest BCUT2D eigenvalue weighted by molar-refractivity contribution is -0.137. The van der Waals surface area contributed by atoms with Gasteiger partial charge in [-0.15, -0.1) is 0 Å². The molecule has 1 aliphatic rings. The van der Waals surface area contributed by atoms with Crippen molar-refractivity contribution in [2.45, 2.75) is 19.8 Å². The highest BCUT2D eigenvalue weighted by Crippen LogP contribution is 2.18. The average molecular weight is 408 g/mol. The lowest BCUT2D eigenvalue weighted by Gasteiger charge is -2.31. The molecule has 0 radical (unpaired) electrons. The Morgan fingerprint density at radius 1 is 1.03 bits per heavy atom. The Kier molecular flexibility index (Phi) is 6.61. The van der Waals surface area contributed by atoms with Crippen LogP contribution in [0.3, 0.4) is 0 Å². The van der Waals surface area contributed by atoms with Crippen LogP contribution in [0.15, 0.2) is 48.5 Å². The Labute approximate surface area is 174 Å². The van der Waals surface area contributed by atoms with Gasteiger partial charge in [0, 0.05) is 24.2 Å². The van der Waals surface area contributed by atoms with E-state index >= 15 is 0 Å². The molecule has 156 valence electrons. The molecule has 7 heteroatoms. The van der Waals surface area contributed by atoms with E-state index in [2.05, 4.69) is 0 Å². The summed E-state index contributed by atoms with van der Waals surface area (Å²) in [5.74, 6) is -2.26. The number of nitrogens with two attached hydrogens (primary N) is 1. The maximum absolute atomic E-state index is 12.8. The summed E-state index contributed by atoms with van der Waals surface area (Å²) >= 11 is 0. The highest BCUT2D eigenvalue weighted by Gasteiger charge is 2.28. The summed E-state index contributed by atoms with van der Waals surface area (Å²) in [6, 6.07) is 13.4. The van der Waals surface area contributed by atoms with E-state index in [1.54, 1.807) is 30.3 Å². The second-order valence-corrected chi connectivity index (χ2v) is 7.40. The number of nitrogens with zero attached hydrogens (tertiary/aromatic N) is 1. The molecule has 0 aromatic heterocycles. The number of rotatable bonds is 6. The van der Waals surface area contributed by atoms with E-state index in [-0.39, 0.29) is 29.4 Å². The minimum Gasteiger partial charge on any atom is -0.452 e. The quantitative estimate of drug-likeness (QED) is 0.582. The van der Waals surface area contributed by atoms with Crippen molar-refractivity contribution in [1.82, 2.24) is 4.90 Å². The van der Waals surface area contributed by atoms with Crippen molar-refractivity contribution in [3.05, 3.63) is 70.8 Å².